The van der Waals surface area contributed by atoms with Crippen LogP contribution in [0.15, 0.2) is 24.3 Å². The third-order valence-electron chi connectivity index (χ3n) is 5.43. The van der Waals surface area contributed by atoms with Crippen LogP contribution in [0, 0.1) is 0 Å². The van der Waals surface area contributed by atoms with E-state index in [-0.39, 0.29) is 6.61 Å². The van der Waals surface area contributed by atoms with Crippen LogP contribution < -0.4 is 4.74 Å². The predicted molar refractivity (Wildman–Crippen MR) is 97.4 cm³/mol. The molecule has 0 aromatic heterocycles. The van der Waals surface area contributed by atoms with Gasteiger partial charge in [0.05, 0.1) is 6.61 Å². The van der Waals surface area contributed by atoms with Crippen LogP contribution in [0.4, 0.5) is 0 Å². The van der Waals surface area contributed by atoms with Gasteiger partial charge in [-0.2, -0.15) is 0 Å². The van der Waals surface area contributed by atoms with Crippen LogP contribution in [-0.2, 0) is 6.54 Å². The number of rotatable bonds is 6. The molecule has 0 bridgehead atoms. The Balaban J connectivity index is 1.55. The molecule has 134 valence electrons. The second kappa shape index (κ2) is 9.40. The molecule has 2 aliphatic rings. The topological polar surface area (TPSA) is 35.9 Å². The van der Waals surface area contributed by atoms with Gasteiger partial charge in [-0.15, -0.1) is 0 Å². The average molecular weight is 332 g/mol. The molecule has 0 unspecified atom stereocenters. The minimum absolute atomic E-state index is 0.0639. The third kappa shape index (κ3) is 4.95. The summed E-state index contributed by atoms with van der Waals surface area (Å²) in [5.41, 5.74) is 1.23. The molecule has 1 heterocycles. The minimum atomic E-state index is 0.0639. The molecule has 1 aromatic rings. The lowest BCUT2D eigenvalue weighted by Crippen LogP contribution is -2.39. The Morgan fingerprint density at radius 2 is 1.79 bits per heavy atom. The highest BCUT2D eigenvalue weighted by atomic mass is 16.5. The standard InChI is InChI=1S/C20H32N2O2/c23-15-16-24-20-10-5-4-7-18(20)17-21-11-6-12-22(14-13-21)19-8-2-1-3-9-19/h4-5,7,10,19,23H,1-3,6,8-9,11-17H2. The molecule has 1 aliphatic heterocycles. The van der Waals surface area contributed by atoms with Crippen molar-refractivity contribution in [2.24, 2.45) is 0 Å². The quantitative estimate of drug-likeness (QED) is 0.869. The Labute approximate surface area is 146 Å². The summed E-state index contributed by atoms with van der Waals surface area (Å²) in [7, 11) is 0. The molecule has 0 radical (unpaired) electrons. The second-order valence-corrected chi connectivity index (χ2v) is 7.14. The molecule has 1 saturated carbocycles. The van der Waals surface area contributed by atoms with Crippen molar-refractivity contribution in [1.82, 2.24) is 9.80 Å². The van der Waals surface area contributed by atoms with E-state index in [1.54, 1.807) is 0 Å². The van der Waals surface area contributed by atoms with Gasteiger partial charge >= 0.3 is 0 Å². The van der Waals surface area contributed by atoms with Gasteiger partial charge in [0.25, 0.3) is 0 Å². The third-order valence-corrected chi connectivity index (χ3v) is 5.43. The first-order valence-electron chi connectivity index (χ1n) is 9.65. The molecule has 4 heteroatoms. The number of para-hydroxylation sites is 1. The maximum absolute atomic E-state index is 8.99. The van der Waals surface area contributed by atoms with Crippen LogP contribution >= 0.6 is 0 Å². The van der Waals surface area contributed by atoms with Gasteiger partial charge in [-0.3, -0.25) is 9.80 Å². The van der Waals surface area contributed by atoms with E-state index in [4.69, 9.17) is 9.84 Å². The molecule has 1 N–H and O–H groups in total. The lowest BCUT2D eigenvalue weighted by Gasteiger charge is -2.33. The van der Waals surface area contributed by atoms with E-state index in [0.29, 0.717) is 6.61 Å². The summed E-state index contributed by atoms with van der Waals surface area (Å²) in [5, 5.41) is 8.99. The highest BCUT2D eigenvalue weighted by Gasteiger charge is 2.23. The summed E-state index contributed by atoms with van der Waals surface area (Å²) in [6.45, 7) is 6.14. The van der Waals surface area contributed by atoms with Gasteiger partial charge in [0, 0.05) is 31.2 Å². The molecule has 0 spiro atoms. The van der Waals surface area contributed by atoms with Gasteiger partial charge in [-0.05, 0) is 38.4 Å². The lowest BCUT2D eigenvalue weighted by atomic mass is 9.94. The van der Waals surface area contributed by atoms with E-state index >= 15 is 0 Å². The van der Waals surface area contributed by atoms with Gasteiger partial charge in [0.2, 0.25) is 0 Å². The van der Waals surface area contributed by atoms with Crippen molar-refractivity contribution in [2.75, 3.05) is 39.4 Å². The van der Waals surface area contributed by atoms with Crippen molar-refractivity contribution in [3.8, 4) is 5.75 Å². The Bertz CT molecular complexity index is 488. The maximum atomic E-state index is 8.99. The molecule has 4 nitrogen and oxygen atoms in total. The first-order valence-corrected chi connectivity index (χ1v) is 9.65. The van der Waals surface area contributed by atoms with Crippen LogP contribution in [0.5, 0.6) is 5.75 Å². The largest absolute Gasteiger partial charge is 0.491 e. The first-order chi connectivity index (χ1) is 11.9. The van der Waals surface area contributed by atoms with E-state index in [9.17, 15) is 0 Å². The number of hydrogen-bond donors (Lipinski definition) is 1. The fourth-order valence-corrected chi connectivity index (χ4v) is 4.13. The number of nitrogens with zero attached hydrogens (tertiary/aromatic N) is 2. The lowest BCUT2D eigenvalue weighted by molar-refractivity contribution is 0.158. The minimum Gasteiger partial charge on any atom is -0.491 e. The normalized spacial score (nSPS) is 21.5. The molecule has 3 rings (SSSR count). The summed E-state index contributed by atoms with van der Waals surface area (Å²) in [5.74, 6) is 0.917. The van der Waals surface area contributed by atoms with Crippen LogP contribution in [0.25, 0.3) is 0 Å². The molecular formula is C20H32N2O2. The van der Waals surface area contributed by atoms with E-state index < -0.39 is 0 Å². The Morgan fingerprint density at radius 1 is 0.958 bits per heavy atom. The van der Waals surface area contributed by atoms with E-state index in [0.717, 1.165) is 31.4 Å². The fourth-order valence-electron chi connectivity index (χ4n) is 4.13. The SMILES string of the molecule is OCCOc1ccccc1CN1CCCN(C2CCCCC2)CC1. The Morgan fingerprint density at radius 3 is 2.62 bits per heavy atom. The average Bonchev–Trinajstić information content (AvgIpc) is 2.87. The molecule has 0 atom stereocenters. The first kappa shape index (κ1) is 17.7. The van der Waals surface area contributed by atoms with E-state index in [2.05, 4.69) is 21.9 Å². The fraction of sp³-hybridized carbons (Fsp3) is 0.700. The maximum Gasteiger partial charge on any atom is 0.123 e. The smallest absolute Gasteiger partial charge is 0.123 e. The predicted octanol–water partition coefficient (Wildman–Crippen LogP) is 2.90. The van der Waals surface area contributed by atoms with Gasteiger partial charge in [0.15, 0.2) is 0 Å². The Kier molecular flexibility index (Phi) is 6.94. The van der Waals surface area contributed by atoms with Gasteiger partial charge in [-0.25, -0.2) is 0 Å². The van der Waals surface area contributed by atoms with Crippen molar-refractivity contribution < 1.29 is 9.84 Å². The number of aliphatic hydroxyl groups is 1. The van der Waals surface area contributed by atoms with Crippen LogP contribution in [0.2, 0.25) is 0 Å². The van der Waals surface area contributed by atoms with Crippen molar-refractivity contribution in [3.05, 3.63) is 29.8 Å². The Hall–Kier alpha value is -1.10. The number of hydrogen-bond acceptors (Lipinski definition) is 4. The molecule has 2 fully saturated rings. The molecule has 1 aliphatic carbocycles. The van der Waals surface area contributed by atoms with E-state index in [1.165, 1.54) is 57.2 Å². The van der Waals surface area contributed by atoms with Gasteiger partial charge in [0.1, 0.15) is 12.4 Å². The summed E-state index contributed by atoms with van der Waals surface area (Å²) in [4.78, 5) is 5.30. The second-order valence-electron chi connectivity index (χ2n) is 7.14. The van der Waals surface area contributed by atoms with Crippen molar-refractivity contribution >= 4 is 0 Å². The van der Waals surface area contributed by atoms with E-state index in [1.807, 2.05) is 12.1 Å². The molecular weight excluding hydrogens is 300 g/mol. The van der Waals surface area contributed by atoms with Crippen molar-refractivity contribution in [2.45, 2.75) is 51.1 Å². The molecule has 1 aromatic carbocycles. The zero-order valence-corrected chi connectivity index (χ0v) is 14.8. The van der Waals surface area contributed by atoms with Crippen molar-refractivity contribution in [3.63, 3.8) is 0 Å². The number of aliphatic hydroxyl groups excluding tert-OH is 1. The number of ether oxygens (including phenoxy) is 1. The summed E-state index contributed by atoms with van der Waals surface area (Å²) in [6.07, 6.45) is 8.33. The summed E-state index contributed by atoms with van der Waals surface area (Å²) >= 11 is 0. The summed E-state index contributed by atoms with van der Waals surface area (Å²) in [6, 6.07) is 9.07. The highest BCUT2D eigenvalue weighted by Crippen LogP contribution is 2.25. The zero-order valence-electron chi connectivity index (χ0n) is 14.8. The molecule has 24 heavy (non-hydrogen) atoms. The number of benzene rings is 1. The zero-order chi connectivity index (χ0) is 16.6. The molecule has 0 amide bonds. The highest BCUT2D eigenvalue weighted by molar-refractivity contribution is 5.33. The van der Waals surface area contributed by atoms with Crippen LogP contribution in [0.1, 0.15) is 44.1 Å². The van der Waals surface area contributed by atoms with Crippen LogP contribution in [-0.4, -0.2) is 60.3 Å². The van der Waals surface area contributed by atoms with Gasteiger partial charge in [-0.1, -0.05) is 37.5 Å². The monoisotopic (exact) mass is 332 g/mol. The van der Waals surface area contributed by atoms with Crippen LogP contribution in [0.3, 0.4) is 0 Å². The van der Waals surface area contributed by atoms with Crippen molar-refractivity contribution in [1.29, 1.82) is 0 Å². The molecule has 1 saturated heterocycles. The summed E-state index contributed by atoms with van der Waals surface area (Å²) < 4.78 is 5.69. The van der Waals surface area contributed by atoms with Gasteiger partial charge < -0.3 is 9.84 Å².